The molecule has 0 unspecified atom stereocenters. The summed E-state index contributed by atoms with van der Waals surface area (Å²) in [6.07, 6.45) is 1.50. The van der Waals surface area contributed by atoms with Gasteiger partial charge >= 0.3 is 0 Å². The first-order chi connectivity index (χ1) is 7.13. The van der Waals surface area contributed by atoms with Crippen LogP contribution in [-0.2, 0) is 21.3 Å². The minimum atomic E-state index is -1.00. The summed E-state index contributed by atoms with van der Waals surface area (Å²) in [6.45, 7) is 0.470. The Morgan fingerprint density at radius 1 is 1.53 bits per heavy atom. The standard InChI is InChI=1S/C9H11Cl2NO2S/c1-14-2-3-15(13)6-9-8(11)4-7(10)5-12-9/h4-5H,2-3,6H2,1H3/t15-/m0/s1. The average molecular weight is 268 g/mol. The number of hydrogen-bond donors (Lipinski definition) is 0. The first-order valence-electron chi connectivity index (χ1n) is 4.27. The van der Waals surface area contributed by atoms with Gasteiger partial charge < -0.3 is 4.74 Å². The molecule has 0 saturated carbocycles. The number of aromatic nitrogens is 1. The first-order valence-corrected chi connectivity index (χ1v) is 6.51. The second-order valence-electron chi connectivity index (χ2n) is 2.86. The van der Waals surface area contributed by atoms with Gasteiger partial charge in [0.05, 0.1) is 28.1 Å². The van der Waals surface area contributed by atoms with E-state index in [9.17, 15) is 4.21 Å². The number of methoxy groups -OCH3 is 1. The summed E-state index contributed by atoms with van der Waals surface area (Å²) in [5.41, 5.74) is 0.607. The van der Waals surface area contributed by atoms with E-state index in [-0.39, 0.29) is 0 Å². The van der Waals surface area contributed by atoms with E-state index < -0.39 is 10.8 Å². The zero-order chi connectivity index (χ0) is 11.3. The van der Waals surface area contributed by atoms with Crippen molar-refractivity contribution in [3.05, 3.63) is 28.0 Å². The van der Waals surface area contributed by atoms with Crippen LogP contribution < -0.4 is 0 Å². The number of halogens is 2. The third-order valence-electron chi connectivity index (χ3n) is 1.70. The Hall–Kier alpha value is -0.160. The largest absolute Gasteiger partial charge is 0.384 e. The maximum atomic E-state index is 11.5. The minimum absolute atomic E-state index is 0.333. The molecule has 0 aromatic carbocycles. The van der Waals surface area contributed by atoms with Crippen molar-refractivity contribution in [3.63, 3.8) is 0 Å². The van der Waals surface area contributed by atoms with Crippen molar-refractivity contribution >= 4 is 34.0 Å². The molecule has 0 spiro atoms. The lowest BCUT2D eigenvalue weighted by Crippen LogP contribution is -2.07. The number of hydrogen-bond acceptors (Lipinski definition) is 3. The van der Waals surface area contributed by atoms with Crippen molar-refractivity contribution in [2.24, 2.45) is 0 Å². The highest BCUT2D eigenvalue weighted by Gasteiger charge is 2.07. The Labute approximate surface area is 101 Å². The van der Waals surface area contributed by atoms with Gasteiger partial charge in [0, 0.05) is 29.9 Å². The second-order valence-corrected chi connectivity index (χ2v) is 5.28. The highest BCUT2D eigenvalue weighted by atomic mass is 35.5. The number of rotatable bonds is 5. The van der Waals surface area contributed by atoms with Crippen molar-refractivity contribution in [1.82, 2.24) is 4.98 Å². The predicted octanol–water partition coefficient (Wildman–Crippen LogP) is 2.28. The molecule has 3 nitrogen and oxygen atoms in total. The van der Waals surface area contributed by atoms with Gasteiger partial charge in [-0.05, 0) is 6.07 Å². The Kier molecular flexibility index (Phi) is 5.53. The minimum Gasteiger partial charge on any atom is -0.384 e. The topological polar surface area (TPSA) is 39.2 Å². The van der Waals surface area contributed by atoms with Crippen LogP contribution >= 0.6 is 23.2 Å². The highest BCUT2D eigenvalue weighted by molar-refractivity contribution is 7.84. The van der Waals surface area contributed by atoms with E-state index in [1.807, 2.05) is 0 Å². The van der Waals surface area contributed by atoms with Gasteiger partial charge in [-0.1, -0.05) is 23.2 Å². The lowest BCUT2D eigenvalue weighted by atomic mass is 10.4. The van der Waals surface area contributed by atoms with Gasteiger partial charge in [0.2, 0.25) is 0 Å². The summed E-state index contributed by atoms with van der Waals surface area (Å²) in [4.78, 5) is 4.03. The molecule has 0 aliphatic carbocycles. The molecule has 0 N–H and O–H groups in total. The zero-order valence-electron chi connectivity index (χ0n) is 8.20. The molecule has 0 radical (unpaired) electrons. The summed E-state index contributed by atoms with van der Waals surface area (Å²) in [7, 11) is 0.571. The molecular weight excluding hydrogens is 257 g/mol. The van der Waals surface area contributed by atoms with Gasteiger partial charge in [0.1, 0.15) is 0 Å². The Morgan fingerprint density at radius 2 is 2.27 bits per heavy atom. The van der Waals surface area contributed by atoms with E-state index in [4.69, 9.17) is 27.9 Å². The molecule has 0 aliphatic heterocycles. The molecule has 1 atom stereocenters. The van der Waals surface area contributed by atoms with Gasteiger partial charge in [0.15, 0.2) is 0 Å². The fraction of sp³-hybridized carbons (Fsp3) is 0.444. The maximum Gasteiger partial charge on any atom is 0.0715 e. The Balaban J connectivity index is 2.60. The SMILES string of the molecule is COCC[S@](=O)Cc1ncc(Cl)cc1Cl. The van der Waals surface area contributed by atoms with Crippen LogP contribution in [0.15, 0.2) is 12.3 Å². The lowest BCUT2D eigenvalue weighted by Gasteiger charge is -2.03. The summed E-state index contributed by atoms with van der Waals surface area (Å²) in [6, 6.07) is 1.60. The second kappa shape index (κ2) is 6.43. The molecular formula is C9H11Cl2NO2S. The molecule has 1 rings (SSSR count). The number of nitrogens with zero attached hydrogens (tertiary/aromatic N) is 1. The Morgan fingerprint density at radius 3 is 2.87 bits per heavy atom. The van der Waals surface area contributed by atoms with Crippen LogP contribution in [0.1, 0.15) is 5.69 Å². The van der Waals surface area contributed by atoms with E-state index in [0.29, 0.717) is 33.9 Å². The van der Waals surface area contributed by atoms with Crippen LogP contribution in [0.4, 0.5) is 0 Å². The van der Waals surface area contributed by atoms with Crippen molar-refractivity contribution in [2.75, 3.05) is 19.5 Å². The number of ether oxygens (including phenoxy) is 1. The molecule has 84 valence electrons. The lowest BCUT2D eigenvalue weighted by molar-refractivity contribution is 0.218. The monoisotopic (exact) mass is 267 g/mol. The molecule has 1 heterocycles. The van der Waals surface area contributed by atoms with Crippen LogP contribution in [-0.4, -0.2) is 28.7 Å². The van der Waals surface area contributed by atoms with Gasteiger partial charge in [-0.3, -0.25) is 9.19 Å². The predicted molar refractivity (Wildman–Crippen MR) is 62.8 cm³/mol. The highest BCUT2D eigenvalue weighted by Crippen LogP contribution is 2.19. The van der Waals surface area contributed by atoms with Crippen molar-refractivity contribution in [3.8, 4) is 0 Å². The van der Waals surface area contributed by atoms with Crippen molar-refractivity contribution in [1.29, 1.82) is 0 Å². The molecule has 0 saturated heterocycles. The Bertz CT molecular complexity index is 360. The van der Waals surface area contributed by atoms with Crippen LogP contribution in [0.5, 0.6) is 0 Å². The molecule has 0 fully saturated rings. The summed E-state index contributed by atoms with van der Waals surface area (Å²) in [5, 5.41) is 0.930. The van der Waals surface area contributed by atoms with E-state index >= 15 is 0 Å². The van der Waals surface area contributed by atoms with Crippen LogP contribution in [0, 0.1) is 0 Å². The molecule has 0 amide bonds. The fourth-order valence-electron chi connectivity index (χ4n) is 0.950. The quantitative estimate of drug-likeness (QED) is 0.822. The third kappa shape index (κ3) is 4.47. The average Bonchev–Trinajstić information content (AvgIpc) is 2.19. The first kappa shape index (κ1) is 12.9. The van der Waals surface area contributed by atoms with E-state index in [0.717, 1.165) is 0 Å². The third-order valence-corrected chi connectivity index (χ3v) is 3.45. The molecule has 6 heteroatoms. The number of pyridine rings is 1. The molecule has 0 aliphatic rings. The van der Waals surface area contributed by atoms with Crippen LogP contribution in [0.25, 0.3) is 0 Å². The van der Waals surface area contributed by atoms with Gasteiger partial charge in [-0.25, -0.2) is 0 Å². The van der Waals surface area contributed by atoms with E-state index in [2.05, 4.69) is 4.98 Å². The molecule has 0 bridgehead atoms. The van der Waals surface area contributed by atoms with Crippen molar-refractivity contribution in [2.45, 2.75) is 5.75 Å². The smallest absolute Gasteiger partial charge is 0.0715 e. The molecule has 15 heavy (non-hydrogen) atoms. The van der Waals surface area contributed by atoms with Crippen LogP contribution in [0.3, 0.4) is 0 Å². The van der Waals surface area contributed by atoms with Gasteiger partial charge in [-0.15, -0.1) is 0 Å². The zero-order valence-corrected chi connectivity index (χ0v) is 10.5. The summed E-state index contributed by atoms with van der Waals surface area (Å²) >= 11 is 11.6. The summed E-state index contributed by atoms with van der Waals surface area (Å²) < 4.78 is 16.3. The fourth-order valence-corrected chi connectivity index (χ4v) is 2.51. The molecule has 1 aromatic heterocycles. The molecule has 1 aromatic rings. The van der Waals surface area contributed by atoms with E-state index in [1.165, 1.54) is 6.20 Å². The maximum absolute atomic E-state index is 11.5. The summed E-state index contributed by atoms with van der Waals surface area (Å²) in [5.74, 6) is 0.816. The van der Waals surface area contributed by atoms with E-state index in [1.54, 1.807) is 13.2 Å². The van der Waals surface area contributed by atoms with Gasteiger partial charge in [0.25, 0.3) is 0 Å². The van der Waals surface area contributed by atoms with Crippen LogP contribution in [0.2, 0.25) is 10.0 Å². The van der Waals surface area contributed by atoms with Gasteiger partial charge in [-0.2, -0.15) is 0 Å². The normalized spacial score (nSPS) is 12.7. The van der Waals surface area contributed by atoms with Crippen molar-refractivity contribution < 1.29 is 8.95 Å².